The summed E-state index contributed by atoms with van der Waals surface area (Å²) in [6, 6.07) is 3.82. The standard InChI is InChI=1S/C13H18N2O2/c1-3-13(17)8-15(9-13)12(16)7-11-10(2)5-4-6-14-11/h4-6,17H,3,7-9H2,1-2H3. The Morgan fingerprint density at radius 3 is 2.88 bits per heavy atom. The maximum Gasteiger partial charge on any atom is 0.228 e. The van der Waals surface area contributed by atoms with E-state index in [1.807, 2.05) is 26.0 Å². The molecule has 0 unspecified atom stereocenters. The second-order valence-corrected chi connectivity index (χ2v) is 4.77. The zero-order valence-electron chi connectivity index (χ0n) is 10.3. The van der Waals surface area contributed by atoms with Crippen LogP contribution >= 0.6 is 0 Å². The van der Waals surface area contributed by atoms with E-state index >= 15 is 0 Å². The molecule has 1 aromatic heterocycles. The lowest BCUT2D eigenvalue weighted by atomic mass is 9.91. The number of aryl methyl sites for hydroxylation is 1. The molecule has 0 aliphatic carbocycles. The highest BCUT2D eigenvalue weighted by atomic mass is 16.3. The summed E-state index contributed by atoms with van der Waals surface area (Å²) in [7, 11) is 0. The Labute approximate surface area is 101 Å². The minimum Gasteiger partial charge on any atom is -0.386 e. The van der Waals surface area contributed by atoms with Crippen molar-refractivity contribution in [1.82, 2.24) is 9.88 Å². The van der Waals surface area contributed by atoms with Gasteiger partial charge in [-0.05, 0) is 25.0 Å². The number of pyridine rings is 1. The van der Waals surface area contributed by atoms with Gasteiger partial charge in [-0.2, -0.15) is 0 Å². The van der Waals surface area contributed by atoms with Gasteiger partial charge >= 0.3 is 0 Å². The molecule has 92 valence electrons. The van der Waals surface area contributed by atoms with Crippen LogP contribution in [0.25, 0.3) is 0 Å². The van der Waals surface area contributed by atoms with Crippen molar-refractivity contribution in [3.8, 4) is 0 Å². The number of nitrogens with zero attached hydrogens (tertiary/aromatic N) is 2. The molecule has 1 fully saturated rings. The molecule has 0 radical (unpaired) electrons. The molecule has 0 spiro atoms. The average molecular weight is 234 g/mol. The molecule has 4 nitrogen and oxygen atoms in total. The first-order chi connectivity index (χ1) is 8.04. The van der Waals surface area contributed by atoms with Crippen LogP contribution in [0.2, 0.25) is 0 Å². The van der Waals surface area contributed by atoms with E-state index in [0.29, 0.717) is 25.9 Å². The van der Waals surface area contributed by atoms with Crippen molar-refractivity contribution in [2.24, 2.45) is 0 Å². The molecule has 17 heavy (non-hydrogen) atoms. The van der Waals surface area contributed by atoms with Crippen LogP contribution in [0.3, 0.4) is 0 Å². The number of likely N-dealkylation sites (tertiary alicyclic amines) is 1. The first-order valence-corrected chi connectivity index (χ1v) is 5.95. The number of amides is 1. The molecule has 1 saturated heterocycles. The van der Waals surface area contributed by atoms with Gasteiger partial charge in [0.15, 0.2) is 0 Å². The second-order valence-electron chi connectivity index (χ2n) is 4.77. The van der Waals surface area contributed by atoms with Crippen LogP contribution < -0.4 is 0 Å². The van der Waals surface area contributed by atoms with Crippen molar-refractivity contribution in [1.29, 1.82) is 0 Å². The monoisotopic (exact) mass is 234 g/mol. The van der Waals surface area contributed by atoms with Crippen molar-refractivity contribution in [3.63, 3.8) is 0 Å². The van der Waals surface area contributed by atoms with Crippen molar-refractivity contribution in [2.45, 2.75) is 32.3 Å². The fourth-order valence-corrected chi connectivity index (χ4v) is 2.02. The third-order valence-electron chi connectivity index (χ3n) is 3.42. The largest absolute Gasteiger partial charge is 0.386 e. The molecule has 0 aromatic carbocycles. The SMILES string of the molecule is CCC1(O)CN(C(=O)Cc2ncccc2C)C1. The van der Waals surface area contributed by atoms with Gasteiger partial charge in [0.2, 0.25) is 5.91 Å². The Kier molecular flexibility index (Phi) is 3.15. The van der Waals surface area contributed by atoms with Gasteiger partial charge in [0.1, 0.15) is 0 Å². The molecule has 1 aromatic rings. The van der Waals surface area contributed by atoms with Gasteiger partial charge in [0.05, 0.1) is 30.8 Å². The lowest BCUT2D eigenvalue weighted by Gasteiger charge is -2.46. The van der Waals surface area contributed by atoms with Crippen LogP contribution in [0.5, 0.6) is 0 Å². The molecule has 4 heteroatoms. The lowest BCUT2D eigenvalue weighted by molar-refractivity contribution is -0.155. The predicted octanol–water partition coefficient (Wildman–Crippen LogP) is 0.916. The molecule has 2 heterocycles. The Balaban J connectivity index is 1.94. The van der Waals surface area contributed by atoms with Crippen LogP contribution in [0, 0.1) is 6.92 Å². The van der Waals surface area contributed by atoms with Gasteiger partial charge < -0.3 is 10.0 Å². The van der Waals surface area contributed by atoms with Crippen molar-refractivity contribution >= 4 is 5.91 Å². The van der Waals surface area contributed by atoms with E-state index < -0.39 is 5.60 Å². The highest BCUT2D eigenvalue weighted by molar-refractivity contribution is 5.79. The first kappa shape index (κ1) is 12.0. The van der Waals surface area contributed by atoms with E-state index in [2.05, 4.69) is 4.98 Å². The summed E-state index contributed by atoms with van der Waals surface area (Å²) in [5.74, 6) is 0.0462. The van der Waals surface area contributed by atoms with Crippen LogP contribution in [0.15, 0.2) is 18.3 Å². The number of β-amino-alcohol motifs (C(OH)–C–C–N with tert-alkyl or cyclic N) is 1. The Bertz CT molecular complexity index is 425. The van der Waals surface area contributed by atoms with Crippen LogP contribution in [-0.4, -0.2) is 39.6 Å². The molecule has 1 aliphatic heterocycles. The third-order valence-corrected chi connectivity index (χ3v) is 3.42. The molecule has 0 bridgehead atoms. The van der Waals surface area contributed by atoms with Crippen molar-refractivity contribution in [2.75, 3.05) is 13.1 Å². The lowest BCUT2D eigenvalue weighted by Crippen LogP contribution is -2.63. The van der Waals surface area contributed by atoms with E-state index in [1.54, 1.807) is 11.1 Å². The van der Waals surface area contributed by atoms with Crippen molar-refractivity contribution < 1.29 is 9.90 Å². The fraction of sp³-hybridized carbons (Fsp3) is 0.538. The molecule has 0 atom stereocenters. The van der Waals surface area contributed by atoms with Gasteiger partial charge in [-0.25, -0.2) is 0 Å². The van der Waals surface area contributed by atoms with Gasteiger partial charge in [0.25, 0.3) is 0 Å². The summed E-state index contributed by atoms with van der Waals surface area (Å²) >= 11 is 0. The Hall–Kier alpha value is -1.42. The number of aliphatic hydroxyl groups is 1. The van der Waals surface area contributed by atoms with E-state index in [4.69, 9.17) is 0 Å². The summed E-state index contributed by atoms with van der Waals surface area (Å²) in [5.41, 5.74) is 1.20. The summed E-state index contributed by atoms with van der Waals surface area (Å²) in [6.07, 6.45) is 2.72. The highest BCUT2D eigenvalue weighted by Crippen LogP contribution is 2.24. The molecule has 0 saturated carbocycles. The quantitative estimate of drug-likeness (QED) is 0.846. The summed E-state index contributed by atoms with van der Waals surface area (Å²) in [6.45, 7) is 4.79. The minimum absolute atomic E-state index is 0.0462. The van der Waals surface area contributed by atoms with Gasteiger partial charge in [-0.1, -0.05) is 13.0 Å². The maximum absolute atomic E-state index is 11.9. The van der Waals surface area contributed by atoms with Crippen molar-refractivity contribution in [3.05, 3.63) is 29.6 Å². The van der Waals surface area contributed by atoms with E-state index in [1.165, 1.54) is 0 Å². The van der Waals surface area contributed by atoms with E-state index in [0.717, 1.165) is 11.3 Å². The van der Waals surface area contributed by atoms with E-state index in [9.17, 15) is 9.90 Å². The summed E-state index contributed by atoms with van der Waals surface area (Å²) < 4.78 is 0. The highest BCUT2D eigenvalue weighted by Gasteiger charge is 2.41. The molecule has 2 rings (SSSR count). The number of carbonyl (C=O) groups excluding carboxylic acids is 1. The zero-order chi connectivity index (χ0) is 12.5. The van der Waals surface area contributed by atoms with Gasteiger partial charge in [-0.3, -0.25) is 9.78 Å². The number of rotatable bonds is 3. The number of carbonyl (C=O) groups is 1. The Morgan fingerprint density at radius 1 is 1.59 bits per heavy atom. The van der Waals surface area contributed by atoms with Crippen LogP contribution in [-0.2, 0) is 11.2 Å². The number of aromatic nitrogens is 1. The fourth-order valence-electron chi connectivity index (χ4n) is 2.02. The first-order valence-electron chi connectivity index (χ1n) is 5.95. The Morgan fingerprint density at radius 2 is 2.29 bits per heavy atom. The molecule has 1 amide bonds. The molecule has 1 aliphatic rings. The third kappa shape index (κ3) is 2.47. The summed E-state index contributed by atoms with van der Waals surface area (Å²) in [5, 5.41) is 9.85. The van der Waals surface area contributed by atoms with Crippen LogP contribution in [0.1, 0.15) is 24.6 Å². The average Bonchev–Trinajstić information content (AvgIpc) is 2.28. The smallest absolute Gasteiger partial charge is 0.228 e. The summed E-state index contributed by atoms with van der Waals surface area (Å²) in [4.78, 5) is 17.8. The molecular weight excluding hydrogens is 216 g/mol. The second kappa shape index (κ2) is 4.45. The minimum atomic E-state index is -0.658. The predicted molar refractivity (Wildman–Crippen MR) is 64.5 cm³/mol. The molecular formula is C13H18N2O2. The van der Waals surface area contributed by atoms with Gasteiger partial charge in [0, 0.05) is 6.20 Å². The van der Waals surface area contributed by atoms with E-state index in [-0.39, 0.29) is 5.91 Å². The number of hydrogen-bond donors (Lipinski definition) is 1. The zero-order valence-corrected chi connectivity index (χ0v) is 10.3. The normalized spacial score (nSPS) is 17.7. The van der Waals surface area contributed by atoms with Crippen LogP contribution in [0.4, 0.5) is 0 Å². The number of hydrogen-bond acceptors (Lipinski definition) is 3. The molecule has 1 N–H and O–H groups in total. The maximum atomic E-state index is 11.9. The van der Waals surface area contributed by atoms with Gasteiger partial charge in [-0.15, -0.1) is 0 Å². The topological polar surface area (TPSA) is 53.4 Å².